The molecule has 192 valence electrons. The van der Waals surface area contributed by atoms with E-state index in [9.17, 15) is 14.7 Å². The number of hydrogen-bond donors (Lipinski definition) is 1. The van der Waals surface area contributed by atoms with E-state index in [0.717, 1.165) is 16.7 Å². The van der Waals surface area contributed by atoms with Gasteiger partial charge in [-0.1, -0.05) is 42.5 Å². The summed E-state index contributed by atoms with van der Waals surface area (Å²) in [5, 5.41) is 11.4. The number of benzene rings is 3. The second-order valence-electron chi connectivity index (χ2n) is 8.97. The van der Waals surface area contributed by atoms with Gasteiger partial charge in [0, 0.05) is 19.2 Å². The minimum absolute atomic E-state index is 0.0479. The number of aliphatic hydroxyl groups is 1. The van der Waals surface area contributed by atoms with Crippen LogP contribution in [0.25, 0.3) is 5.76 Å². The SMILES string of the molecule is COCCN1C(=O)C(=O)/C(=C(/O)c2cc(C)c(OC)cc2C)C1c1ccc(OCc2ccccc2)cc1. The molecule has 7 heteroatoms. The van der Waals surface area contributed by atoms with E-state index in [0.29, 0.717) is 29.2 Å². The zero-order chi connectivity index (χ0) is 26.5. The number of ether oxygens (including phenoxy) is 3. The molecule has 1 heterocycles. The maximum atomic E-state index is 13.2. The molecule has 1 fully saturated rings. The number of carbonyl (C=O) groups is 2. The van der Waals surface area contributed by atoms with Crippen LogP contribution < -0.4 is 9.47 Å². The first-order valence-electron chi connectivity index (χ1n) is 12.0. The summed E-state index contributed by atoms with van der Waals surface area (Å²) >= 11 is 0. The van der Waals surface area contributed by atoms with Gasteiger partial charge in [0.2, 0.25) is 0 Å². The number of amides is 1. The molecule has 0 bridgehead atoms. The molecule has 0 spiro atoms. The first kappa shape index (κ1) is 26.0. The van der Waals surface area contributed by atoms with Crippen LogP contribution in [0.15, 0.2) is 72.3 Å². The Hall–Kier alpha value is -4.10. The maximum Gasteiger partial charge on any atom is 0.295 e. The van der Waals surface area contributed by atoms with Crippen molar-refractivity contribution in [3.8, 4) is 11.5 Å². The minimum atomic E-state index is -0.764. The summed E-state index contributed by atoms with van der Waals surface area (Å²) in [6, 6.07) is 19.9. The summed E-state index contributed by atoms with van der Waals surface area (Å²) in [6.07, 6.45) is 0. The zero-order valence-corrected chi connectivity index (χ0v) is 21.5. The van der Waals surface area contributed by atoms with Gasteiger partial charge >= 0.3 is 0 Å². The molecule has 4 rings (SSSR count). The zero-order valence-electron chi connectivity index (χ0n) is 21.5. The Morgan fingerprint density at radius 2 is 1.65 bits per heavy atom. The number of Topliss-reactive ketones (excluding diaryl/α,β-unsaturated/α-hetero) is 1. The summed E-state index contributed by atoms with van der Waals surface area (Å²) in [5.74, 6) is -0.275. The molecule has 37 heavy (non-hydrogen) atoms. The number of methoxy groups -OCH3 is 2. The molecule has 1 aliphatic heterocycles. The fourth-order valence-corrected chi connectivity index (χ4v) is 4.54. The van der Waals surface area contributed by atoms with Crippen LogP contribution in [0.1, 0.15) is 33.9 Å². The lowest BCUT2D eigenvalue weighted by atomic mass is 9.93. The van der Waals surface area contributed by atoms with Crippen LogP contribution in [0.4, 0.5) is 0 Å². The fraction of sp³-hybridized carbons (Fsp3) is 0.267. The smallest absolute Gasteiger partial charge is 0.295 e. The van der Waals surface area contributed by atoms with Crippen molar-refractivity contribution in [2.24, 2.45) is 0 Å². The standard InChI is InChI=1S/C30H31NO6/c1-19-17-25(36-4)20(2)16-24(19)28(32)26-27(31(14-15-35-3)30(34)29(26)33)22-10-12-23(13-11-22)37-18-21-8-6-5-7-9-21/h5-13,16-17,27,32H,14-15,18H2,1-4H3/b28-26+. The number of aliphatic hydroxyl groups excluding tert-OH is 1. The van der Waals surface area contributed by atoms with Gasteiger partial charge in [-0.05, 0) is 60.4 Å². The molecule has 1 unspecified atom stereocenters. The molecule has 3 aromatic carbocycles. The molecule has 0 aromatic heterocycles. The molecule has 1 atom stereocenters. The van der Waals surface area contributed by atoms with E-state index in [4.69, 9.17) is 14.2 Å². The Bertz CT molecular complexity index is 1310. The van der Waals surface area contributed by atoms with E-state index < -0.39 is 17.7 Å². The van der Waals surface area contributed by atoms with Gasteiger partial charge in [0.15, 0.2) is 0 Å². The number of likely N-dealkylation sites (tertiary alicyclic amines) is 1. The van der Waals surface area contributed by atoms with Crippen molar-refractivity contribution in [1.82, 2.24) is 4.90 Å². The molecule has 0 radical (unpaired) electrons. The van der Waals surface area contributed by atoms with E-state index >= 15 is 0 Å². The van der Waals surface area contributed by atoms with Crippen LogP contribution in [0.2, 0.25) is 0 Å². The number of nitrogens with zero attached hydrogens (tertiary/aromatic N) is 1. The fourth-order valence-electron chi connectivity index (χ4n) is 4.54. The van der Waals surface area contributed by atoms with Gasteiger partial charge in [0.25, 0.3) is 11.7 Å². The topological polar surface area (TPSA) is 85.3 Å². The Morgan fingerprint density at radius 3 is 2.30 bits per heavy atom. The summed E-state index contributed by atoms with van der Waals surface area (Å²) < 4.78 is 16.5. The van der Waals surface area contributed by atoms with Crippen molar-refractivity contribution >= 4 is 17.4 Å². The van der Waals surface area contributed by atoms with E-state index in [1.165, 1.54) is 12.0 Å². The molecule has 1 N–H and O–H groups in total. The lowest BCUT2D eigenvalue weighted by Gasteiger charge is -2.25. The summed E-state index contributed by atoms with van der Waals surface area (Å²) in [6.45, 7) is 4.56. The molecule has 1 amide bonds. The van der Waals surface area contributed by atoms with Crippen LogP contribution in [-0.2, 0) is 20.9 Å². The Labute approximate surface area is 216 Å². The lowest BCUT2D eigenvalue weighted by Crippen LogP contribution is -2.32. The van der Waals surface area contributed by atoms with Crippen LogP contribution in [0.5, 0.6) is 11.5 Å². The summed E-state index contributed by atoms with van der Waals surface area (Å²) in [4.78, 5) is 27.7. The first-order valence-corrected chi connectivity index (χ1v) is 12.0. The molecular formula is C30H31NO6. The highest BCUT2D eigenvalue weighted by Crippen LogP contribution is 2.40. The van der Waals surface area contributed by atoms with Crippen molar-refractivity contribution in [3.05, 3.63) is 100 Å². The van der Waals surface area contributed by atoms with Crippen molar-refractivity contribution in [2.75, 3.05) is 27.4 Å². The molecule has 1 aliphatic rings. The molecule has 3 aromatic rings. The summed E-state index contributed by atoms with van der Waals surface area (Å²) in [5.41, 5.74) is 3.80. The van der Waals surface area contributed by atoms with Gasteiger partial charge in [0.1, 0.15) is 23.9 Å². The third-order valence-corrected chi connectivity index (χ3v) is 6.52. The molecule has 1 saturated heterocycles. The lowest BCUT2D eigenvalue weighted by molar-refractivity contribution is -0.140. The number of carbonyl (C=O) groups excluding carboxylic acids is 2. The van der Waals surface area contributed by atoms with Gasteiger partial charge in [-0.25, -0.2) is 0 Å². The Morgan fingerprint density at radius 1 is 0.946 bits per heavy atom. The second kappa shape index (κ2) is 11.3. The van der Waals surface area contributed by atoms with Crippen LogP contribution in [0, 0.1) is 13.8 Å². The van der Waals surface area contributed by atoms with E-state index in [1.54, 1.807) is 31.4 Å². The maximum absolute atomic E-state index is 13.2. The highest BCUT2D eigenvalue weighted by Gasteiger charge is 2.46. The molecule has 0 saturated carbocycles. The first-order chi connectivity index (χ1) is 17.8. The Kier molecular flexibility index (Phi) is 7.94. The number of hydrogen-bond acceptors (Lipinski definition) is 6. The molecule has 7 nitrogen and oxygen atoms in total. The second-order valence-corrected chi connectivity index (χ2v) is 8.97. The van der Waals surface area contributed by atoms with Crippen molar-refractivity contribution in [3.63, 3.8) is 0 Å². The van der Waals surface area contributed by atoms with Gasteiger partial charge in [-0.2, -0.15) is 0 Å². The van der Waals surface area contributed by atoms with Crippen molar-refractivity contribution in [2.45, 2.75) is 26.5 Å². The third kappa shape index (κ3) is 5.37. The van der Waals surface area contributed by atoms with Gasteiger partial charge < -0.3 is 24.2 Å². The third-order valence-electron chi connectivity index (χ3n) is 6.52. The Balaban J connectivity index is 1.72. The predicted molar refractivity (Wildman–Crippen MR) is 141 cm³/mol. The predicted octanol–water partition coefficient (Wildman–Crippen LogP) is 4.96. The monoisotopic (exact) mass is 501 g/mol. The highest BCUT2D eigenvalue weighted by molar-refractivity contribution is 6.46. The minimum Gasteiger partial charge on any atom is -0.507 e. The van der Waals surface area contributed by atoms with E-state index in [2.05, 4.69) is 0 Å². The number of aryl methyl sites for hydroxylation is 2. The van der Waals surface area contributed by atoms with Crippen LogP contribution in [0.3, 0.4) is 0 Å². The quantitative estimate of drug-likeness (QED) is 0.253. The van der Waals surface area contributed by atoms with Crippen LogP contribution in [-0.4, -0.2) is 49.1 Å². The van der Waals surface area contributed by atoms with E-state index in [-0.39, 0.29) is 24.5 Å². The van der Waals surface area contributed by atoms with Gasteiger partial charge in [-0.15, -0.1) is 0 Å². The van der Waals surface area contributed by atoms with Crippen molar-refractivity contribution in [1.29, 1.82) is 0 Å². The number of rotatable bonds is 9. The van der Waals surface area contributed by atoms with Gasteiger partial charge in [0.05, 0.1) is 25.3 Å². The molecule has 0 aliphatic carbocycles. The average molecular weight is 502 g/mol. The highest BCUT2D eigenvalue weighted by atomic mass is 16.5. The van der Waals surface area contributed by atoms with Gasteiger partial charge in [-0.3, -0.25) is 9.59 Å². The van der Waals surface area contributed by atoms with E-state index in [1.807, 2.05) is 56.3 Å². The molecular weight excluding hydrogens is 470 g/mol. The van der Waals surface area contributed by atoms with Crippen molar-refractivity contribution < 1.29 is 28.9 Å². The normalized spacial score (nSPS) is 16.8. The number of ketones is 1. The average Bonchev–Trinajstić information content (AvgIpc) is 3.17. The largest absolute Gasteiger partial charge is 0.507 e. The van der Waals surface area contributed by atoms with Crippen LogP contribution >= 0.6 is 0 Å². The summed E-state index contributed by atoms with van der Waals surface area (Å²) in [7, 11) is 3.11.